The molecule has 1 fully saturated rings. The van der Waals surface area contributed by atoms with Crippen molar-refractivity contribution in [2.24, 2.45) is 11.8 Å². The average Bonchev–Trinajstić information content (AvgIpc) is 2.30. The Hall–Kier alpha value is -1.31. The number of halogens is 3. The molecule has 1 rings (SSSR count). The van der Waals surface area contributed by atoms with Gasteiger partial charge in [0.25, 0.3) is 0 Å². The first-order chi connectivity index (χ1) is 8.70. The Balaban J connectivity index is 0.000000399. The van der Waals surface area contributed by atoms with Gasteiger partial charge in [-0.25, -0.2) is 4.79 Å². The SMILES string of the molecule is CC[C@H](C(=O)O)C1CCCNC1.O=C(O)C(F)(F)F. The van der Waals surface area contributed by atoms with Crippen LogP contribution in [0.4, 0.5) is 13.2 Å². The lowest BCUT2D eigenvalue weighted by molar-refractivity contribution is -0.192. The third-order valence-electron chi connectivity index (χ3n) is 2.90. The van der Waals surface area contributed by atoms with Gasteiger partial charge >= 0.3 is 18.1 Å². The van der Waals surface area contributed by atoms with Crippen molar-refractivity contribution in [2.75, 3.05) is 13.1 Å². The van der Waals surface area contributed by atoms with E-state index in [4.69, 9.17) is 15.0 Å². The smallest absolute Gasteiger partial charge is 0.481 e. The first kappa shape index (κ1) is 17.7. The summed E-state index contributed by atoms with van der Waals surface area (Å²) in [7, 11) is 0. The van der Waals surface area contributed by atoms with Gasteiger partial charge < -0.3 is 15.5 Å². The van der Waals surface area contributed by atoms with Gasteiger partial charge in [-0.15, -0.1) is 0 Å². The van der Waals surface area contributed by atoms with Gasteiger partial charge in [-0.3, -0.25) is 4.79 Å². The van der Waals surface area contributed by atoms with Crippen LogP contribution in [0.15, 0.2) is 0 Å². The molecule has 0 bridgehead atoms. The van der Waals surface area contributed by atoms with Crippen LogP contribution in [0.3, 0.4) is 0 Å². The Labute approximate surface area is 108 Å². The van der Waals surface area contributed by atoms with E-state index in [-0.39, 0.29) is 5.92 Å². The molecule has 2 atom stereocenters. The van der Waals surface area contributed by atoms with E-state index in [1.165, 1.54) is 0 Å². The fourth-order valence-electron chi connectivity index (χ4n) is 1.93. The molecular formula is C11H18F3NO4. The number of carbonyl (C=O) groups is 2. The quantitative estimate of drug-likeness (QED) is 0.735. The van der Waals surface area contributed by atoms with E-state index in [1.807, 2.05) is 6.92 Å². The number of hydrogen-bond donors (Lipinski definition) is 3. The maximum atomic E-state index is 10.8. The van der Waals surface area contributed by atoms with Crippen LogP contribution < -0.4 is 5.32 Å². The lowest BCUT2D eigenvalue weighted by atomic mass is 9.85. The Kier molecular flexibility index (Phi) is 7.43. The van der Waals surface area contributed by atoms with Crippen LogP contribution in [0.25, 0.3) is 0 Å². The van der Waals surface area contributed by atoms with Crippen LogP contribution in [-0.2, 0) is 9.59 Å². The molecular weight excluding hydrogens is 267 g/mol. The third-order valence-corrected chi connectivity index (χ3v) is 2.90. The van der Waals surface area contributed by atoms with Crippen molar-refractivity contribution in [2.45, 2.75) is 32.4 Å². The lowest BCUT2D eigenvalue weighted by Gasteiger charge is -2.27. The Morgan fingerprint density at radius 2 is 1.89 bits per heavy atom. The lowest BCUT2D eigenvalue weighted by Crippen LogP contribution is -2.36. The van der Waals surface area contributed by atoms with Gasteiger partial charge in [0.15, 0.2) is 0 Å². The molecule has 0 spiro atoms. The minimum absolute atomic E-state index is 0.141. The number of rotatable bonds is 3. The highest BCUT2D eigenvalue weighted by Gasteiger charge is 2.38. The van der Waals surface area contributed by atoms with Crippen LogP contribution in [0.5, 0.6) is 0 Å². The van der Waals surface area contributed by atoms with Crippen molar-refractivity contribution in [3.05, 3.63) is 0 Å². The van der Waals surface area contributed by atoms with Crippen LogP contribution in [-0.4, -0.2) is 41.4 Å². The molecule has 19 heavy (non-hydrogen) atoms. The van der Waals surface area contributed by atoms with Gasteiger partial charge in [-0.2, -0.15) is 13.2 Å². The minimum atomic E-state index is -5.08. The zero-order valence-electron chi connectivity index (χ0n) is 10.5. The summed E-state index contributed by atoms with van der Waals surface area (Å²) in [5.41, 5.74) is 0. The molecule has 0 aromatic heterocycles. The number of alkyl halides is 3. The van der Waals surface area contributed by atoms with Crippen LogP contribution in [0.2, 0.25) is 0 Å². The summed E-state index contributed by atoms with van der Waals surface area (Å²) in [4.78, 5) is 19.7. The zero-order valence-corrected chi connectivity index (χ0v) is 10.5. The van der Waals surface area contributed by atoms with Crippen LogP contribution >= 0.6 is 0 Å². The Morgan fingerprint density at radius 1 is 1.37 bits per heavy atom. The molecule has 3 N–H and O–H groups in total. The van der Waals surface area contributed by atoms with Crippen molar-refractivity contribution in [3.8, 4) is 0 Å². The predicted molar refractivity (Wildman–Crippen MR) is 60.7 cm³/mol. The number of piperidine rings is 1. The van der Waals surface area contributed by atoms with Gasteiger partial charge in [0, 0.05) is 0 Å². The second kappa shape index (κ2) is 7.98. The Morgan fingerprint density at radius 3 is 2.16 bits per heavy atom. The third kappa shape index (κ3) is 7.00. The number of carboxylic acids is 2. The van der Waals surface area contributed by atoms with E-state index >= 15 is 0 Å². The monoisotopic (exact) mass is 285 g/mol. The normalized spacial score (nSPS) is 20.9. The van der Waals surface area contributed by atoms with E-state index in [9.17, 15) is 18.0 Å². The fraction of sp³-hybridized carbons (Fsp3) is 0.818. The summed E-state index contributed by atoms with van der Waals surface area (Å²) < 4.78 is 31.7. The van der Waals surface area contributed by atoms with E-state index in [0.717, 1.165) is 32.4 Å². The van der Waals surface area contributed by atoms with Crippen molar-refractivity contribution < 1.29 is 33.0 Å². The molecule has 1 saturated heterocycles. The van der Waals surface area contributed by atoms with Crippen molar-refractivity contribution in [1.82, 2.24) is 5.32 Å². The number of hydrogen-bond acceptors (Lipinski definition) is 3. The molecule has 8 heteroatoms. The molecule has 1 unspecified atom stereocenters. The fourth-order valence-corrected chi connectivity index (χ4v) is 1.93. The number of aliphatic carboxylic acids is 2. The highest BCUT2D eigenvalue weighted by atomic mass is 19.4. The van der Waals surface area contributed by atoms with Crippen LogP contribution in [0.1, 0.15) is 26.2 Å². The largest absolute Gasteiger partial charge is 0.490 e. The first-order valence-electron chi connectivity index (χ1n) is 5.93. The minimum Gasteiger partial charge on any atom is -0.481 e. The van der Waals surface area contributed by atoms with Crippen LogP contribution in [0, 0.1) is 11.8 Å². The zero-order chi connectivity index (χ0) is 15.1. The maximum absolute atomic E-state index is 10.8. The average molecular weight is 285 g/mol. The second-order valence-electron chi connectivity index (χ2n) is 4.26. The van der Waals surface area contributed by atoms with E-state index in [0.29, 0.717) is 5.92 Å². The van der Waals surface area contributed by atoms with Gasteiger partial charge in [-0.1, -0.05) is 6.92 Å². The van der Waals surface area contributed by atoms with Gasteiger partial charge in [0.1, 0.15) is 0 Å². The first-order valence-corrected chi connectivity index (χ1v) is 5.93. The number of carboxylic acid groups (broad SMARTS) is 2. The summed E-state index contributed by atoms with van der Waals surface area (Å²) >= 11 is 0. The number of nitrogens with one attached hydrogen (secondary N) is 1. The highest BCUT2D eigenvalue weighted by Crippen LogP contribution is 2.22. The van der Waals surface area contributed by atoms with E-state index in [2.05, 4.69) is 5.32 Å². The molecule has 0 aromatic carbocycles. The highest BCUT2D eigenvalue weighted by molar-refractivity contribution is 5.73. The molecule has 0 radical (unpaired) electrons. The molecule has 1 aliphatic heterocycles. The molecule has 0 amide bonds. The Bertz CT molecular complexity index is 301. The summed E-state index contributed by atoms with van der Waals surface area (Å²) in [6.07, 6.45) is -2.14. The van der Waals surface area contributed by atoms with Crippen molar-refractivity contribution >= 4 is 11.9 Å². The molecule has 5 nitrogen and oxygen atoms in total. The molecule has 0 saturated carbocycles. The summed E-state index contributed by atoms with van der Waals surface area (Å²) in [6.45, 7) is 3.88. The molecule has 1 heterocycles. The summed E-state index contributed by atoms with van der Waals surface area (Å²) in [5.74, 6) is -3.18. The summed E-state index contributed by atoms with van der Waals surface area (Å²) in [6, 6.07) is 0. The van der Waals surface area contributed by atoms with E-state index < -0.39 is 18.1 Å². The van der Waals surface area contributed by atoms with Crippen molar-refractivity contribution in [1.29, 1.82) is 0 Å². The van der Waals surface area contributed by atoms with E-state index in [1.54, 1.807) is 0 Å². The molecule has 0 aromatic rings. The van der Waals surface area contributed by atoms with Gasteiger partial charge in [-0.05, 0) is 38.3 Å². The predicted octanol–water partition coefficient (Wildman–Crippen LogP) is 1.73. The molecule has 0 aliphatic carbocycles. The summed E-state index contributed by atoms with van der Waals surface area (Å²) in [5, 5.41) is 19.3. The van der Waals surface area contributed by atoms with Gasteiger partial charge in [0.05, 0.1) is 5.92 Å². The van der Waals surface area contributed by atoms with Crippen molar-refractivity contribution in [3.63, 3.8) is 0 Å². The molecule has 1 aliphatic rings. The topological polar surface area (TPSA) is 86.6 Å². The standard InChI is InChI=1S/C9H17NO2.C2HF3O2/c1-2-8(9(11)12)7-4-3-5-10-6-7;3-2(4,5)1(6)7/h7-8,10H,2-6H2,1H3,(H,11,12);(H,6,7)/t7?,8-;/m0./s1. The second-order valence-corrected chi connectivity index (χ2v) is 4.26. The maximum Gasteiger partial charge on any atom is 0.490 e. The van der Waals surface area contributed by atoms with Gasteiger partial charge in [0.2, 0.25) is 0 Å². The molecule has 112 valence electrons.